The maximum atomic E-state index is 12.3. The quantitative estimate of drug-likeness (QED) is 0.364. The molecule has 1 heterocycles. The van der Waals surface area contributed by atoms with Gasteiger partial charge >= 0.3 is 5.79 Å². The molecule has 0 spiro atoms. The molecule has 4 heteroatoms. The van der Waals surface area contributed by atoms with Gasteiger partial charge in [-0.05, 0) is 0 Å². The van der Waals surface area contributed by atoms with Gasteiger partial charge in [0.05, 0.1) is 0 Å². The Labute approximate surface area is 109 Å². The Morgan fingerprint density at radius 1 is 0.684 bits per heavy atom. The first-order valence-electron chi connectivity index (χ1n) is 5.80. The van der Waals surface area contributed by atoms with Gasteiger partial charge in [0.25, 0.3) is 0 Å². The second kappa shape index (κ2) is 4.42. The topological polar surface area (TPSA) is 59.2 Å². The summed E-state index contributed by atoms with van der Waals surface area (Å²) in [5.74, 6) is -2.77. The van der Waals surface area contributed by atoms with Gasteiger partial charge < -0.3 is 0 Å². The maximum Gasteiger partial charge on any atom is 0.357 e. The average molecular weight is 254 g/mol. The van der Waals surface area contributed by atoms with E-state index in [1.54, 1.807) is 60.7 Å². The molecule has 0 bridgehead atoms. The number of Topliss-reactive ketones (excluding diaryl/α,β-unsaturated/α-hetero) is 2. The van der Waals surface area contributed by atoms with Gasteiger partial charge in [-0.1, -0.05) is 60.7 Å². The Kier molecular flexibility index (Phi) is 2.74. The molecule has 0 N–H and O–H groups in total. The zero-order valence-electron chi connectivity index (χ0n) is 9.91. The number of rotatable bonds is 4. The van der Waals surface area contributed by atoms with E-state index in [4.69, 9.17) is 9.78 Å². The van der Waals surface area contributed by atoms with Gasteiger partial charge in [-0.2, -0.15) is 9.78 Å². The molecule has 1 fully saturated rings. The van der Waals surface area contributed by atoms with Crippen molar-refractivity contribution < 1.29 is 19.4 Å². The first-order chi connectivity index (χ1) is 9.24. The van der Waals surface area contributed by atoms with Crippen molar-refractivity contribution in [3.8, 4) is 0 Å². The predicted octanol–water partition coefficient (Wildman–Crippen LogP) is 2.41. The van der Waals surface area contributed by atoms with Crippen LogP contribution in [0.5, 0.6) is 0 Å². The molecule has 0 aliphatic carbocycles. The number of carbonyl (C=O) groups excluding carboxylic acids is 2. The minimum Gasteiger partial charge on any atom is -0.287 e. The molecule has 2 aromatic rings. The van der Waals surface area contributed by atoms with E-state index in [0.29, 0.717) is 11.1 Å². The number of ketones is 2. The van der Waals surface area contributed by atoms with Crippen LogP contribution in [0.15, 0.2) is 60.7 Å². The summed E-state index contributed by atoms with van der Waals surface area (Å²) in [6.45, 7) is 0. The van der Waals surface area contributed by atoms with Crippen LogP contribution in [-0.2, 0) is 9.78 Å². The molecule has 1 aliphatic heterocycles. The minimum atomic E-state index is -1.80. The third kappa shape index (κ3) is 1.97. The van der Waals surface area contributed by atoms with Crippen molar-refractivity contribution in [3.05, 3.63) is 71.8 Å². The first kappa shape index (κ1) is 11.8. The van der Waals surface area contributed by atoms with Crippen LogP contribution >= 0.6 is 0 Å². The number of carbonyl (C=O) groups is 2. The lowest BCUT2D eigenvalue weighted by atomic mass is 9.96. The maximum absolute atomic E-state index is 12.3. The largest absolute Gasteiger partial charge is 0.357 e. The van der Waals surface area contributed by atoms with Gasteiger partial charge in [0, 0.05) is 11.1 Å². The highest BCUT2D eigenvalue weighted by molar-refractivity contribution is 6.22. The van der Waals surface area contributed by atoms with Crippen LogP contribution in [-0.4, -0.2) is 17.4 Å². The Morgan fingerprint density at radius 2 is 1.05 bits per heavy atom. The average Bonchev–Trinajstić information content (AvgIpc) is 3.29. The van der Waals surface area contributed by atoms with Gasteiger partial charge in [0.1, 0.15) is 0 Å². The summed E-state index contributed by atoms with van der Waals surface area (Å²) in [4.78, 5) is 34.0. The normalized spacial score (nSPS) is 15.8. The molecule has 3 rings (SSSR count). The monoisotopic (exact) mass is 254 g/mol. The summed E-state index contributed by atoms with van der Waals surface area (Å²) in [5, 5.41) is 0. The highest BCUT2D eigenvalue weighted by Gasteiger charge is 2.63. The molecular weight excluding hydrogens is 244 g/mol. The van der Waals surface area contributed by atoms with Crippen molar-refractivity contribution in [1.82, 2.24) is 0 Å². The van der Waals surface area contributed by atoms with Crippen molar-refractivity contribution in [3.63, 3.8) is 0 Å². The summed E-state index contributed by atoms with van der Waals surface area (Å²) in [6.07, 6.45) is 0. The number of benzene rings is 2. The van der Waals surface area contributed by atoms with E-state index in [2.05, 4.69) is 0 Å². The lowest BCUT2D eigenvalue weighted by Gasteiger charge is -2.05. The Bertz CT molecular complexity index is 562. The van der Waals surface area contributed by atoms with Crippen LogP contribution < -0.4 is 0 Å². The zero-order chi connectivity index (χ0) is 13.3. The Morgan fingerprint density at radius 3 is 1.37 bits per heavy atom. The lowest BCUT2D eigenvalue weighted by Crippen LogP contribution is -2.34. The summed E-state index contributed by atoms with van der Waals surface area (Å²) in [5.41, 5.74) is 0.758. The number of hydrogen-bond donors (Lipinski definition) is 0. The molecule has 94 valence electrons. The van der Waals surface area contributed by atoms with E-state index in [0.717, 1.165) is 0 Å². The molecule has 0 saturated carbocycles. The molecule has 0 unspecified atom stereocenters. The van der Waals surface area contributed by atoms with E-state index in [-0.39, 0.29) is 0 Å². The fourth-order valence-electron chi connectivity index (χ4n) is 1.86. The highest BCUT2D eigenvalue weighted by atomic mass is 17.4. The summed E-state index contributed by atoms with van der Waals surface area (Å²) in [6, 6.07) is 16.9. The third-order valence-electron chi connectivity index (χ3n) is 2.92. The summed E-state index contributed by atoms with van der Waals surface area (Å²) in [7, 11) is 0. The van der Waals surface area contributed by atoms with Crippen molar-refractivity contribution in [1.29, 1.82) is 0 Å². The van der Waals surface area contributed by atoms with Crippen LogP contribution in [0.25, 0.3) is 0 Å². The van der Waals surface area contributed by atoms with Crippen LogP contribution in [0.2, 0.25) is 0 Å². The zero-order valence-corrected chi connectivity index (χ0v) is 9.91. The van der Waals surface area contributed by atoms with Crippen molar-refractivity contribution in [2.45, 2.75) is 5.79 Å². The summed E-state index contributed by atoms with van der Waals surface area (Å²) >= 11 is 0. The Hall–Kier alpha value is -2.30. The molecule has 19 heavy (non-hydrogen) atoms. The fourth-order valence-corrected chi connectivity index (χ4v) is 1.86. The lowest BCUT2D eigenvalue weighted by molar-refractivity contribution is 0.0751. The Balaban J connectivity index is 1.92. The van der Waals surface area contributed by atoms with Crippen molar-refractivity contribution in [2.75, 3.05) is 0 Å². The molecule has 0 amide bonds. The van der Waals surface area contributed by atoms with E-state index in [9.17, 15) is 9.59 Å². The smallest absolute Gasteiger partial charge is 0.287 e. The van der Waals surface area contributed by atoms with E-state index < -0.39 is 17.4 Å². The van der Waals surface area contributed by atoms with Crippen LogP contribution in [0.3, 0.4) is 0 Å². The summed E-state index contributed by atoms with van der Waals surface area (Å²) < 4.78 is 0. The molecule has 0 atom stereocenters. The van der Waals surface area contributed by atoms with Gasteiger partial charge in [-0.25, -0.2) is 0 Å². The van der Waals surface area contributed by atoms with E-state index in [1.165, 1.54) is 0 Å². The van der Waals surface area contributed by atoms with Gasteiger partial charge in [0.15, 0.2) is 0 Å². The molecule has 1 saturated heterocycles. The molecule has 1 aliphatic rings. The highest BCUT2D eigenvalue weighted by Crippen LogP contribution is 2.36. The SMILES string of the molecule is O=C(c1ccccc1)C1(C(=O)c2ccccc2)OO1. The third-order valence-corrected chi connectivity index (χ3v) is 2.92. The second-order valence-corrected chi connectivity index (χ2v) is 4.17. The van der Waals surface area contributed by atoms with Gasteiger partial charge in [0.2, 0.25) is 11.6 Å². The molecule has 2 aromatic carbocycles. The molecule has 0 aromatic heterocycles. The van der Waals surface area contributed by atoms with E-state index >= 15 is 0 Å². The van der Waals surface area contributed by atoms with Crippen LogP contribution in [0, 0.1) is 0 Å². The van der Waals surface area contributed by atoms with Crippen LogP contribution in [0.1, 0.15) is 20.7 Å². The molecule has 4 nitrogen and oxygen atoms in total. The van der Waals surface area contributed by atoms with E-state index in [1.807, 2.05) is 0 Å². The first-order valence-corrected chi connectivity index (χ1v) is 5.80. The van der Waals surface area contributed by atoms with Gasteiger partial charge in [-0.15, -0.1) is 0 Å². The van der Waals surface area contributed by atoms with Gasteiger partial charge in [-0.3, -0.25) is 9.59 Å². The second-order valence-electron chi connectivity index (χ2n) is 4.17. The molecule has 0 radical (unpaired) electrons. The standard InChI is InChI=1S/C15H10O4/c16-13(11-7-3-1-4-8-11)15(18-19-15)14(17)12-9-5-2-6-10-12/h1-10H. The fraction of sp³-hybridized carbons (Fsp3) is 0.0667. The van der Waals surface area contributed by atoms with Crippen LogP contribution in [0.4, 0.5) is 0 Å². The van der Waals surface area contributed by atoms with Crippen molar-refractivity contribution in [2.24, 2.45) is 0 Å². The number of hydrogen-bond acceptors (Lipinski definition) is 4. The predicted molar refractivity (Wildman–Crippen MR) is 66.4 cm³/mol. The van der Waals surface area contributed by atoms with Crippen molar-refractivity contribution >= 4 is 11.6 Å². The molecular formula is C15H10O4. The minimum absolute atomic E-state index is 0.379.